The molecule has 3 N–H and O–H groups in total. The molecule has 0 spiro atoms. The molecule has 0 saturated heterocycles. The first-order valence-corrected chi connectivity index (χ1v) is 7.89. The van der Waals surface area contributed by atoms with E-state index in [9.17, 15) is 4.79 Å². The van der Waals surface area contributed by atoms with Gasteiger partial charge in [0, 0.05) is 6.42 Å². The van der Waals surface area contributed by atoms with Crippen molar-refractivity contribution in [2.45, 2.75) is 38.5 Å². The maximum Gasteiger partial charge on any atom is 0.220 e. The summed E-state index contributed by atoms with van der Waals surface area (Å²) in [6, 6.07) is 9.63. The monoisotopic (exact) mass is 326 g/mol. The number of para-hydroxylation sites is 1. The molecule has 1 aromatic carbocycles. The number of halogens is 1. The fourth-order valence-electron chi connectivity index (χ4n) is 3.03. The fraction of sp³-hybridized carbons (Fsp3) is 0.588. The molecular formula is C17H27ClN2O2. The molecule has 4 nitrogen and oxygen atoms in total. The van der Waals surface area contributed by atoms with Crippen LogP contribution in [0.2, 0.25) is 0 Å². The van der Waals surface area contributed by atoms with E-state index >= 15 is 0 Å². The Hall–Kier alpha value is -1.26. The second kappa shape index (κ2) is 9.70. The average Bonchev–Trinajstić information content (AvgIpc) is 2.53. The van der Waals surface area contributed by atoms with Gasteiger partial charge >= 0.3 is 0 Å². The number of carbonyl (C=O) groups excluding carboxylic acids is 1. The third kappa shape index (κ3) is 5.85. The molecule has 1 aliphatic rings. The minimum atomic E-state index is 0. The molecule has 1 aromatic rings. The van der Waals surface area contributed by atoms with Crippen molar-refractivity contribution in [1.29, 1.82) is 0 Å². The van der Waals surface area contributed by atoms with E-state index in [-0.39, 0.29) is 23.7 Å². The molecule has 0 radical (unpaired) electrons. The van der Waals surface area contributed by atoms with Crippen LogP contribution in [0.1, 0.15) is 38.5 Å². The molecule has 0 aromatic heterocycles. The van der Waals surface area contributed by atoms with Crippen LogP contribution in [-0.4, -0.2) is 25.6 Å². The molecule has 1 aliphatic carbocycles. The van der Waals surface area contributed by atoms with Gasteiger partial charge in [0.2, 0.25) is 5.91 Å². The summed E-state index contributed by atoms with van der Waals surface area (Å²) in [6.07, 6.45) is 6.38. The van der Waals surface area contributed by atoms with Crippen molar-refractivity contribution < 1.29 is 9.53 Å². The molecule has 0 atom stereocenters. The summed E-state index contributed by atoms with van der Waals surface area (Å²) in [7, 11) is 0. The lowest BCUT2D eigenvalue weighted by molar-refractivity contribution is -0.124. The molecule has 5 heteroatoms. The number of hydrogen-bond donors (Lipinski definition) is 2. The number of nitrogens with two attached hydrogens (primary N) is 1. The third-order valence-electron chi connectivity index (χ3n) is 4.32. The van der Waals surface area contributed by atoms with E-state index in [2.05, 4.69) is 5.32 Å². The van der Waals surface area contributed by atoms with Crippen LogP contribution >= 0.6 is 12.4 Å². The van der Waals surface area contributed by atoms with Crippen molar-refractivity contribution in [1.82, 2.24) is 5.32 Å². The van der Waals surface area contributed by atoms with Gasteiger partial charge in [-0.3, -0.25) is 4.79 Å². The number of nitrogens with one attached hydrogen (secondary N) is 1. The Balaban J connectivity index is 0.00000242. The first kappa shape index (κ1) is 18.8. The van der Waals surface area contributed by atoms with Crippen LogP contribution in [0, 0.1) is 5.41 Å². The van der Waals surface area contributed by atoms with Crippen LogP contribution < -0.4 is 15.8 Å². The third-order valence-corrected chi connectivity index (χ3v) is 4.32. The predicted octanol–water partition coefficient (Wildman–Crippen LogP) is 2.90. The van der Waals surface area contributed by atoms with Crippen molar-refractivity contribution in [3.63, 3.8) is 0 Å². The summed E-state index contributed by atoms with van der Waals surface area (Å²) >= 11 is 0. The second-order valence-electron chi connectivity index (χ2n) is 5.95. The number of ether oxygens (including phenoxy) is 1. The zero-order chi connectivity index (χ0) is 15.0. The lowest BCUT2D eigenvalue weighted by atomic mass is 9.72. The Morgan fingerprint density at radius 2 is 1.86 bits per heavy atom. The Kier molecular flexibility index (Phi) is 8.28. The van der Waals surface area contributed by atoms with Gasteiger partial charge in [-0.2, -0.15) is 0 Å². The number of benzene rings is 1. The summed E-state index contributed by atoms with van der Waals surface area (Å²) in [4.78, 5) is 12.1. The number of amides is 1. The highest BCUT2D eigenvalue weighted by Crippen LogP contribution is 2.38. The predicted molar refractivity (Wildman–Crippen MR) is 91.4 cm³/mol. The Bertz CT molecular complexity index is 434. The summed E-state index contributed by atoms with van der Waals surface area (Å²) in [5, 5.41) is 2.94. The van der Waals surface area contributed by atoms with Gasteiger partial charge in [-0.1, -0.05) is 37.5 Å². The topological polar surface area (TPSA) is 64.4 Å². The van der Waals surface area contributed by atoms with Crippen LogP contribution in [0.3, 0.4) is 0 Å². The summed E-state index contributed by atoms with van der Waals surface area (Å²) in [6.45, 7) is 1.64. The first-order chi connectivity index (χ1) is 10.2. The first-order valence-electron chi connectivity index (χ1n) is 7.89. The largest absolute Gasteiger partial charge is 0.492 e. The Morgan fingerprint density at radius 1 is 1.18 bits per heavy atom. The normalized spacial score (nSPS) is 16.4. The van der Waals surface area contributed by atoms with Crippen LogP contribution in [0.15, 0.2) is 30.3 Å². The molecule has 1 saturated carbocycles. The minimum Gasteiger partial charge on any atom is -0.492 e. The molecule has 0 unspecified atom stereocenters. The van der Waals surface area contributed by atoms with E-state index in [1.807, 2.05) is 30.3 Å². The average molecular weight is 327 g/mol. The smallest absolute Gasteiger partial charge is 0.220 e. The Labute approximate surface area is 139 Å². The zero-order valence-electron chi connectivity index (χ0n) is 13.1. The van der Waals surface area contributed by atoms with E-state index in [1.54, 1.807) is 0 Å². The fourth-order valence-corrected chi connectivity index (χ4v) is 3.03. The molecule has 1 fully saturated rings. The van der Waals surface area contributed by atoms with Crippen LogP contribution in [-0.2, 0) is 4.79 Å². The van der Waals surface area contributed by atoms with Crippen molar-refractivity contribution in [2.24, 2.45) is 11.1 Å². The molecule has 0 bridgehead atoms. The highest BCUT2D eigenvalue weighted by molar-refractivity contribution is 5.85. The van der Waals surface area contributed by atoms with E-state index in [0.29, 0.717) is 26.1 Å². The van der Waals surface area contributed by atoms with Crippen molar-refractivity contribution in [3.8, 4) is 5.75 Å². The number of hydrogen-bond acceptors (Lipinski definition) is 3. The molecule has 2 rings (SSSR count). The standard InChI is InChI=1S/C17H26N2O2.ClH/c18-14-17(9-5-2-6-10-17)13-16(20)19-11-12-21-15-7-3-1-4-8-15;/h1,3-4,7-8H,2,5-6,9-14,18H2,(H,19,20);1H. The van der Waals surface area contributed by atoms with Gasteiger partial charge in [0.1, 0.15) is 12.4 Å². The molecule has 124 valence electrons. The molecular weight excluding hydrogens is 300 g/mol. The molecule has 22 heavy (non-hydrogen) atoms. The number of rotatable bonds is 7. The lowest BCUT2D eigenvalue weighted by Crippen LogP contribution is -2.39. The number of carbonyl (C=O) groups is 1. The Morgan fingerprint density at radius 3 is 2.50 bits per heavy atom. The molecule has 1 amide bonds. The van der Waals surface area contributed by atoms with E-state index in [1.165, 1.54) is 19.3 Å². The van der Waals surface area contributed by atoms with Gasteiger partial charge in [0.25, 0.3) is 0 Å². The SMILES string of the molecule is Cl.NCC1(CC(=O)NCCOc2ccccc2)CCCCC1. The summed E-state index contributed by atoms with van der Waals surface area (Å²) < 4.78 is 5.56. The van der Waals surface area contributed by atoms with Crippen LogP contribution in [0.25, 0.3) is 0 Å². The van der Waals surface area contributed by atoms with E-state index in [0.717, 1.165) is 18.6 Å². The summed E-state index contributed by atoms with van der Waals surface area (Å²) in [5.74, 6) is 0.927. The van der Waals surface area contributed by atoms with Gasteiger partial charge < -0.3 is 15.8 Å². The van der Waals surface area contributed by atoms with Crippen molar-refractivity contribution in [2.75, 3.05) is 19.7 Å². The quantitative estimate of drug-likeness (QED) is 0.757. The van der Waals surface area contributed by atoms with E-state index < -0.39 is 0 Å². The van der Waals surface area contributed by atoms with Crippen LogP contribution in [0.5, 0.6) is 5.75 Å². The molecule has 0 heterocycles. The van der Waals surface area contributed by atoms with Crippen molar-refractivity contribution in [3.05, 3.63) is 30.3 Å². The van der Waals surface area contributed by atoms with Crippen molar-refractivity contribution >= 4 is 18.3 Å². The van der Waals surface area contributed by atoms with Gasteiger partial charge in [0.15, 0.2) is 0 Å². The van der Waals surface area contributed by atoms with Gasteiger partial charge in [-0.05, 0) is 36.9 Å². The minimum absolute atomic E-state index is 0. The maximum atomic E-state index is 12.1. The van der Waals surface area contributed by atoms with Gasteiger partial charge in [-0.25, -0.2) is 0 Å². The maximum absolute atomic E-state index is 12.1. The van der Waals surface area contributed by atoms with E-state index in [4.69, 9.17) is 10.5 Å². The summed E-state index contributed by atoms with van der Waals surface area (Å²) in [5.41, 5.74) is 5.94. The lowest BCUT2D eigenvalue weighted by Gasteiger charge is -2.35. The van der Waals surface area contributed by atoms with Crippen LogP contribution in [0.4, 0.5) is 0 Å². The molecule has 0 aliphatic heterocycles. The highest BCUT2D eigenvalue weighted by atomic mass is 35.5. The highest BCUT2D eigenvalue weighted by Gasteiger charge is 2.32. The zero-order valence-corrected chi connectivity index (χ0v) is 13.9. The second-order valence-corrected chi connectivity index (χ2v) is 5.95. The van der Waals surface area contributed by atoms with Gasteiger partial charge in [-0.15, -0.1) is 12.4 Å². The van der Waals surface area contributed by atoms with Gasteiger partial charge in [0.05, 0.1) is 6.54 Å².